The van der Waals surface area contributed by atoms with Crippen LogP contribution in [0.1, 0.15) is 12.3 Å². The molecule has 0 unspecified atom stereocenters. The number of nitrogens with one attached hydrogen (secondary N) is 1. The predicted molar refractivity (Wildman–Crippen MR) is 100 cm³/mol. The van der Waals surface area contributed by atoms with E-state index < -0.39 is 23.4 Å². The van der Waals surface area contributed by atoms with Crippen molar-refractivity contribution in [3.05, 3.63) is 63.5 Å². The number of ether oxygens (including phenoxy) is 1. The number of aryl methyl sites for hydroxylation is 1. The first-order valence-electron chi connectivity index (χ1n) is 8.16. The summed E-state index contributed by atoms with van der Waals surface area (Å²) in [5.74, 6) is -0.962. The molecule has 0 aliphatic heterocycles. The van der Waals surface area contributed by atoms with Crippen LogP contribution in [-0.2, 0) is 20.7 Å². The van der Waals surface area contributed by atoms with Gasteiger partial charge in [-0.15, -0.1) is 0 Å². The van der Waals surface area contributed by atoms with Crippen molar-refractivity contribution in [3.63, 3.8) is 0 Å². The largest absolute Gasteiger partial charge is 0.456 e. The molecule has 0 bridgehead atoms. The summed E-state index contributed by atoms with van der Waals surface area (Å²) >= 11 is 5.79. The molecular weight excluding hydrogens is 390 g/mol. The molecule has 3 rings (SSSR count). The lowest BCUT2D eigenvalue weighted by atomic mass is 10.2. The molecule has 0 aliphatic carbocycles. The van der Waals surface area contributed by atoms with Crippen molar-refractivity contribution in [2.75, 3.05) is 11.9 Å². The molecule has 144 valence electrons. The summed E-state index contributed by atoms with van der Waals surface area (Å²) in [5.41, 5.74) is 0.909. The monoisotopic (exact) mass is 403 g/mol. The van der Waals surface area contributed by atoms with E-state index in [9.17, 15) is 19.7 Å². The summed E-state index contributed by atoms with van der Waals surface area (Å²) in [7, 11) is 0. The van der Waals surface area contributed by atoms with Crippen molar-refractivity contribution in [1.29, 1.82) is 0 Å². The normalized spacial score (nSPS) is 10.6. The van der Waals surface area contributed by atoms with Gasteiger partial charge in [-0.1, -0.05) is 23.7 Å². The SMILES string of the molecule is O=C(COC(=O)CCc1nc2ccccc2o1)Nc1cc(Cl)ccc1[N+](=O)[O-]. The summed E-state index contributed by atoms with van der Waals surface area (Å²) < 4.78 is 10.4. The molecule has 1 amide bonds. The van der Waals surface area contributed by atoms with Gasteiger partial charge < -0.3 is 14.5 Å². The fourth-order valence-electron chi connectivity index (χ4n) is 2.41. The Balaban J connectivity index is 1.50. The molecule has 1 aromatic heterocycles. The highest BCUT2D eigenvalue weighted by molar-refractivity contribution is 6.31. The lowest BCUT2D eigenvalue weighted by Crippen LogP contribution is -2.21. The lowest BCUT2D eigenvalue weighted by Gasteiger charge is -2.07. The zero-order valence-electron chi connectivity index (χ0n) is 14.4. The number of amides is 1. The van der Waals surface area contributed by atoms with Gasteiger partial charge in [-0.05, 0) is 24.3 Å². The van der Waals surface area contributed by atoms with Gasteiger partial charge in [0.2, 0.25) is 0 Å². The molecular formula is C18H14ClN3O6. The van der Waals surface area contributed by atoms with Crippen LogP contribution < -0.4 is 5.32 Å². The first-order valence-corrected chi connectivity index (χ1v) is 8.54. The molecule has 0 saturated heterocycles. The third-order valence-electron chi connectivity index (χ3n) is 3.67. The van der Waals surface area contributed by atoms with Crippen LogP contribution in [0.5, 0.6) is 0 Å². The van der Waals surface area contributed by atoms with Gasteiger partial charge >= 0.3 is 5.97 Å². The number of nitrogens with zero attached hydrogens (tertiary/aromatic N) is 2. The number of halogens is 1. The van der Waals surface area contributed by atoms with E-state index in [2.05, 4.69) is 10.3 Å². The second-order valence-electron chi connectivity index (χ2n) is 5.70. The number of hydrogen-bond donors (Lipinski definition) is 1. The first kappa shape index (κ1) is 19.3. The fraction of sp³-hybridized carbons (Fsp3) is 0.167. The van der Waals surface area contributed by atoms with E-state index >= 15 is 0 Å². The quantitative estimate of drug-likeness (QED) is 0.363. The maximum Gasteiger partial charge on any atom is 0.306 e. The van der Waals surface area contributed by atoms with Crippen molar-refractivity contribution < 1.29 is 23.7 Å². The number of aromatic nitrogens is 1. The summed E-state index contributed by atoms with van der Waals surface area (Å²) in [5, 5.41) is 13.5. The number of oxazole rings is 1. The van der Waals surface area contributed by atoms with Gasteiger partial charge in [0, 0.05) is 17.5 Å². The second kappa shape index (κ2) is 8.49. The van der Waals surface area contributed by atoms with E-state index in [0.29, 0.717) is 17.0 Å². The third kappa shape index (κ3) is 4.83. The van der Waals surface area contributed by atoms with Crippen LogP contribution in [-0.4, -0.2) is 28.4 Å². The average Bonchev–Trinajstić information content (AvgIpc) is 3.07. The minimum atomic E-state index is -0.722. The van der Waals surface area contributed by atoms with E-state index in [1.807, 2.05) is 12.1 Å². The first-order chi connectivity index (χ1) is 13.4. The molecule has 0 atom stereocenters. The number of carbonyl (C=O) groups is 2. The Morgan fingerprint density at radius 3 is 2.79 bits per heavy atom. The van der Waals surface area contributed by atoms with Gasteiger partial charge in [0.25, 0.3) is 11.6 Å². The van der Waals surface area contributed by atoms with Crippen LogP contribution >= 0.6 is 11.6 Å². The number of nitro benzene ring substituents is 1. The van der Waals surface area contributed by atoms with Crippen LogP contribution in [0, 0.1) is 10.1 Å². The second-order valence-corrected chi connectivity index (χ2v) is 6.14. The Morgan fingerprint density at radius 2 is 2.04 bits per heavy atom. The smallest absolute Gasteiger partial charge is 0.306 e. The van der Waals surface area contributed by atoms with E-state index in [0.717, 1.165) is 0 Å². The number of para-hydroxylation sites is 2. The van der Waals surface area contributed by atoms with E-state index in [1.54, 1.807) is 12.1 Å². The Bertz CT molecular complexity index is 1020. The maximum absolute atomic E-state index is 11.9. The molecule has 10 heteroatoms. The molecule has 0 aliphatic rings. The van der Waals surface area contributed by atoms with E-state index in [1.165, 1.54) is 18.2 Å². The van der Waals surface area contributed by atoms with Crippen LogP contribution in [0.3, 0.4) is 0 Å². The zero-order chi connectivity index (χ0) is 20.1. The summed E-state index contributed by atoms with van der Waals surface area (Å²) in [6, 6.07) is 10.9. The highest BCUT2D eigenvalue weighted by Crippen LogP contribution is 2.27. The van der Waals surface area contributed by atoms with Crippen LogP contribution in [0.4, 0.5) is 11.4 Å². The Morgan fingerprint density at radius 1 is 1.25 bits per heavy atom. The molecule has 0 saturated carbocycles. The van der Waals surface area contributed by atoms with Crippen molar-refractivity contribution in [1.82, 2.24) is 4.98 Å². The summed E-state index contributed by atoms with van der Waals surface area (Å²) in [4.78, 5) is 38.3. The van der Waals surface area contributed by atoms with Gasteiger partial charge in [-0.25, -0.2) is 4.98 Å². The van der Waals surface area contributed by atoms with Crippen LogP contribution in [0.25, 0.3) is 11.1 Å². The number of esters is 1. The minimum Gasteiger partial charge on any atom is -0.456 e. The molecule has 9 nitrogen and oxygen atoms in total. The molecule has 28 heavy (non-hydrogen) atoms. The fourth-order valence-corrected chi connectivity index (χ4v) is 2.58. The van der Waals surface area contributed by atoms with E-state index in [-0.39, 0.29) is 29.2 Å². The summed E-state index contributed by atoms with van der Waals surface area (Å²) in [6.07, 6.45) is 0.187. The lowest BCUT2D eigenvalue weighted by molar-refractivity contribution is -0.383. The molecule has 1 heterocycles. The number of nitro groups is 1. The molecule has 3 aromatic rings. The average molecular weight is 404 g/mol. The standard InChI is InChI=1S/C18H14ClN3O6/c19-11-5-6-14(22(25)26)13(9-11)20-16(23)10-27-18(24)8-7-17-21-12-3-1-2-4-15(12)28-17/h1-6,9H,7-8,10H2,(H,20,23). The summed E-state index contributed by atoms with van der Waals surface area (Å²) in [6.45, 7) is -0.587. The topological polar surface area (TPSA) is 125 Å². The van der Waals surface area contributed by atoms with Gasteiger partial charge in [-0.3, -0.25) is 19.7 Å². The van der Waals surface area contributed by atoms with Gasteiger partial charge in [-0.2, -0.15) is 0 Å². The van der Waals surface area contributed by atoms with Gasteiger partial charge in [0.1, 0.15) is 11.2 Å². The number of anilines is 1. The van der Waals surface area contributed by atoms with Crippen molar-refractivity contribution >= 4 is 46.0 Å². The molecule has 0 spiro atoms. The number of fused-ring (bicyclic) bond motifs is 1. The minimum absolute atomic E-state index is 0.0303. The number of hydrogen-bond acceptors (Lipinski definition) is 7. The molecule has 2 aromatic carbocycles. The Labute approximate surface area is 163 Å². The van der Waals surface area contributed by atoms with Crippen molar-refractivity contribution in [3.8, 4) is 0 Å². The zero-order valence-corrected chi connectivity index (χ0v) is 15.1. The molecule has 0 radical (unpaired) electrons. The Hall–Kier alpha value is -3.46. The molecule has 1 N–H and O–H groups in total. The number of benzene rings is 2. The third-order valence-corrected chi connectivity index (χ3v) is 3.91. The predicted octanol–water partition coefficient (Wildman–Crippen LogP) is 3.50. The highest BCUT2D eigenvalue weighted by Gasteiger charge is 2.17. The Kier molecular flexibility index (Phi) is 5.85. The number of rotatable bonds is 7. The highest BCUT2D eigenvalue weighted by atomic mass is 35.5. The van der Waals surface area contributed by atoms with Gasteiger partial charge in [0.15, 0.2) is 18.1 Å². The van der Waals surface area contributed by atoms with Crippen LogP contribution in [0.15, 0.2) is 46.9 Å². The van der Waals surface area contributed by atoms with E-state index in [4.69, 9.17) is 20.8 Å². The van der Waals surface area contributed by atoms with Crippen molar-refractivity contribution in [2.45, 2.75) is 12.8 Å². The molecule has 0 fully saturated rings. The van der Waals surface area contributed by atoms with Crippen molar-refractivity contribution in [2.24, 2.45) is 0 Å². The maximum atomic E-state index is 11.9. The van der Waals surface area contributed by atoms with Crippen LogP contribution in [0.2, 0.25) is 5.02 Å². The number of carbonyl (C=O) groups excluding carboxylic acids is 2. The van der Waals surface area contributed by atoms with Gasteiger partial charge in [0.05, 0.1) is 11.3 Å².